The van der Waals surface area contributed by atoms with E-state index < -0.39 is 0 Å². The van der Waals surface area contributed by atoms with Crippen LogP contribution in [0.2, 0.25) is 5.02 Å². The molecule has 0 aliphatic rings. The number of aromatic nitrogens is 3. The van der Waals surface area contributed by atoms with Gasteiger partial charge >= 0.3 is 0 Å². The van der Waals surface area contributed by atoms with E-state index in [9.17, 15) is 4.79 Å². The first-order valence-electron chi connectivity index (χ1n) is 10.2. The molecule has 2 aromatic heterocycles. The van der Waals surface area contributed by atoms with E-state index in [-0.39, 0.29) is 5.56 Å². The Morgan fingerprint density at radius 2 is 1.90 bits per heavy atom. The number of unbranched alkanes of at least 4 members (excludes halogenated alkanes) is 1. The van der Waals surface area contributed by atoms with Crippen molar-refractivity contribution in [2.24, 2.45) is 0 Å². The minimum absolute atomic E-state index is 0.200. The van der Waals surface area contributed by atoms with E-state index in [4.69, 9.17) is 21.1 Å². The van der Waals surface area contributed by atoms with Crippen LogP contribution in [0.3, 0.4) is 0 Å². The summed E-state index contributed by atoms with van der Waals surface area (Å²) in [4.78, 5) is 17.9. The van der Waals surface area contributed by atoms with Crippen LogP contribution >= 0.6 is 22.9 Å². The smallest absolute Gasteiger partial charge is 0.291 e. The summed E-state index contributed by atoms with van der Waals surface area (Å²) >= 11 is 7.24. The number of benzene rings is 2. The second-order valence-electron chi connectivity index (χ2n) is 6.89. The van der Waals surface area contributed by atoms with Crippen LogP contribution in [0.15, 0.2) is 47.3 Å². The lowest BCUT2D eigenvalue weighted by atomic mass is 10.2. The van der Waals surface area contributed by atoms with Gasteiger partial charge in [0, 0.05) is 10.6 Å². The number of hydrogen-bond acceptors (Lipinski definition) is 6. The van der Waals surface area contributed by atoms with E-state index in [1.807, 2.05) is 43.3 Å². The number of nitrogens with zero attached hydrogens (tertiary/aromatic N) is 3. The Bertz CT molecular complexity index is 1300. The zero-order valence-corrected chi connectivity index (χ0v) is 18.9. The summed E-state index contributed by atoms with van der Waals surface area (Å²) in [6, 6.07) is 12.9. The molecule has 0 saturated carbocycles. The number of rotatable bonds is 8. The van der Waals surface area contributed by atoms with Gasteiger partial charge in [0.05, 0.1) is 17.7 Å². The summed E-state index contributed by atoms with van der Waals surface area (Å²) in [5, 5.41) is 5.01. The Labute approximate surface area is 188 Å². The predicted octanol–water partition coefficient (Wildman–Crippen LogP) is 4.60. The topological polar surface area (TPSA) is 65.7 Å². The minimum Gasteiger partial charge on any atom is -0.490 e. The van der Waals surface area contributed by atoms with Crippen molar-refractivity contribution >= 4 is 34.0 Å². The number of ether oxygens (including phenoxy) is 2. The SMILES string of the molecule is CCCCOc1ccc(/C=c2\sc3nc(-c4ccc(Cl)cc4)nn3c2=O)cc1OCC. The van der Waals surface area contributed by atoms with Crippen LogP contribution in [0.25, 0.3) is 22.4 Å². The molecule has 0 spiro atoms. The molecule has 6 nitrogen and oxygen atoms in total. The lowest BCUT2D eigenvalue weighted by molar-refractivity contribution is 0.272. The van der Waals surface area contributed by atoms with Crippen LogP contribution in [-0.2, 0) is 0 Å². The fraction of sp³-hybridized carbons (Fsp3) is 0.261. The minimum atomic E-state index is -0.200. The molecular weight excluding hydrogens is 434 g/mol. The van der Waals surface area contributed by atoms with E-state index in [2.05, 4.69) is 17.0 Å². The molecule has 0 unspecified atom stereocenters. The molecule has 160 valence electrons. The number of thiazole rings is 1. The van der Waals surface area contributed by atoms with Gasteiger partial charge in [-0.15, -0.1) is 5.10 Å². The summed E-state index contributed by atoms with van der Waals surface area (Å²) < 4.78 is 13.5. The first kappa shape index (κ1) is 21.3. The van der Waals surface area contributed by atoms with Crippen molar-refractivity contribution < 1.29 is 9.47 Å². The Balaban J connectivity index is 1.66. The third-order valence-electron chi connectivity index (χ3n) is 4.61. The molecule has 2 heterocycles. The van der Waals surface area contributed by atoms with Crippen LogP contribution in [0.5, 0.6) is 11.5 Å². The molecule has 0 aliphatic heterocycles. The normalized spacial score (nSPS) is 11.9. The number of hydrogen-bond donors (Lipinski definition) is 0. The highest BCUT2D eigenvalue weighted by atomic mass is 35.5. The standard InChI is InChI=1S/C23H22ClN3O3S/c1-3-5-12-30-18-11-6-15(13-19(18)29-4-2)14-20-22(28)27-23(31-20)25-21(26-27)16-7-9-17(24)10-8-16/h6-11,13-14H,3-5,12H2,1-2H3/b20-14-. The summed E-state index contributed by atoms with van der Waals surface area (Å²) in [7, 11) is 0. The van der Waals surface area contributed by atoms with E-state index in [0.29, 0.717) is 45.1 Å². The van der Waals surface area contributed by atoms with Gasteiger partial charge in [0.15, 0.2) is 17.3 Å². The van der Waals surface area contributed by atoms with E-state index in [0.717, 1.165) is 24.0 Å². The van der Waals surface area contributed by atoms with Gasteiger partial charge in [-0.3, -0.25) is 4.79 Å². The summed E-state index contributed by atoms with van der Waals surface area (Å²) in [5.41, 5.74) is 1.46. The molecule has 0 aliphatic carbocycles. The van der Waals surface area contributed by atoms with Crippen LogP contribution in [0.1, 0.15) is 32.3 Å². The maximum atomic E-state index is 12.8. The molecule has 0 radical (unpaired) electrons. The molecule has 0 amide bonds. The first-order chi connectivity index (χ1) is 15.1. The number of halogens is 1. The molecule has 0 bridgehead atoms. The third kappa shape index (κ3) is 4.73. The zero-order valence-electron chi connectivity index (χ0n) is 17.3. The van der Waals surface area contributed by atoms with Crippen molar-refractivity contribution in [3.63, 3.8) is 0 Å². The third-order valence-corrected chi connectivity index (χ3v) is 5.82. The van der Waals surface area contributed by atoms with Crippen molar-refractivity contribution in [2.45, 2.75) is 26.7 Å². The van der Waals surface area contributed by atoms with Gasteiger partial charge in [-0.05, 0) is 61.4 Å². The quantitative estimate of drug-likeness (QED) is 0.363. The fourth-order valence-corrected chi connectivity index (χ4v) is 4.07. The molecule has 0 saturated heterocycles. The summed E-state index contributed by atoms with van der Waals surface area (Å²) in [6.45, 7) is 5.23. The maximum Gasteiger partial charge on any atom is 0.291 e. The van der Waals surface area contributed by atoms with Crippen LogP contribution in [0.4, 0.5) is 0 Å². The highest BCUT2D eigenvalue weighted by Crippen LogP contribution is 2.29. The van der Waals surface area contributed by atoms with Gasteiger partial charge < -0.3 is 9.47 Å². The van der Waals surface area contributed by atoms with Crippen LogP contribution < -0.4 is 19.6 Å². The Kier molecular flexibility index (Phi) is 6.53. The summed E-state index contributed by atoms with van der Waals surface area (Å²) in [5.74, 6) is 1.88. The maximum absolute atomic E-state index is 12.8. The molecule has 4 rings (SSSR count). The van der Waals surface area contributed by atoms with E-state index in [1.54, 1.807) is 12.1 Å². The molecule has 0 fully saturated rings. The van der Waals surface area contributed by atoms with Crippen LogP contribution in [0, 0.1) is 0 Å². The Morgan fingerprint density at radius 1 is 1.10 bits per heavy atom. The lowest BCUT2D eigenvalue weighted by Crippen LogP contribution is -2.23. The van der Waals surface area contributed by atoms with Gasteiger partial charge in [0.2, 0.25) is 4.96 Å². The largest absolute Gasteiger partial charge is 0.490 e. The Hall–Kier alpha value is -2.90. The molecule has 8 heteroatoms. The Morgan fingerprint density at radius 3 is 2.61 bits per heavy atom. The second-order valence-corrected chi connectivity index (χ2v) is 8.34. The highest BCUT2D eigenvalue weighted by molar-refractivity contribution is 7.15. The van der Waals surface area contributed by atoms with Gasteiger partial charge in [0.1, 0.15) is 0 Å². The number of fused-ring (bicyclic) bond motifs is 1. The van der Waals surface area contributed by atoms with Gasteiger partial charge in [0.25, 0.3) is 5.56 Å². The molecule has 2 aromatic carbocycles. The monoisotopic (exact) mass is 455 g/mol. The first-order valence-corrected chi connectivity index (χ1v) is 11.4. The predicted molar refractivity (Wildman–Crippen MR) is 124 cm³/mol. The summed E-state index contributed by atoms with van der Waals surface area (Å²) in [6.07, 6.45) is 3.87. The van der Waals surface area contributed by atoms with Crippen LogP contribution in [-0.4, -0.2) is 27.8 Å². The van der Waals surface area contributed by atoms with Gasteiger partial charge in [-0.1, -0.05) is 42.3 Å². The van der Waals surface area contributed by atoms with Crippen molar-refractivity contribution in [3.05, 3.63) is 67.9 Å². The average molecular weight is 456 g/mol. The molecule has 31 heavy (non-hydrogen) atoms. The van der Waals surface area contributed by atoms with Crippen molar-refractivity contribution in [2.75, 3.05) is 13.2 Å². The average Bonchev–Trinajstić information content (AvgIpc) is 3.30. The van der Waals surface area contributed by atoms with E-state index >= 15 is 0 Å². The van der Waals surface area contributed by atoms with Gasteiger partial charge in [-0.25, -0.2) is 0 Å². The molecule has 4 aromatic rings. The lowest BCUT2D eigenvalue weighted by Gasteiger charge is -2.12. The van der Waals surface area contributed by atoms with E-state index in [1.165, 1.54) is 15.9 Å². The van der Waals surface area contributed by atoms with Crippen molar-refractivity contribution in [1.82, 2.24) is 14.6 Å². The fourth-order valence-electron chi connectivity index (χ4n) is 3.03. The zero-order chi connectivity index (χ0) is 21.8. The van der Waals surface area contributed by atoms with Gasteiger partial charge in [-0.2, -0.15) is 9.50 Å². The highest BCUT2D eigenvalue weighted by Gasteiger charge is 2.12. The molecule has 0 N–H and O–H groups in total. The van der Waals surface area contributed by atoms with Crippen molar-refractivity contribution in [3.8, 4) is 22.9 Å². The molecule has 0 atom stereocenters. The second kappa shape index (κ2) is 9.49. The van der Waals surface area contributed by atoms with Crippen molar-refractivity contribution in [1.29, 1.82) is 0 Å². The molecular formula is C23H22ClN3O3S.